The summed E-state index contributed by atoms with van der Waals surface area (Å²) in [6, 6.07) is 0. The van der Waals surface area contributed by atoms with E-state index in [4.69, 9.17) is 0 Å². The van der Waals surface area contributed by atoms with Gasteiger partial charge in [-0.1, -0.05) is 5.57 Å². The minimum atomic E-state index is 0. The molecule has 0 nitrogen and oxygen atoms in total. The minimum Gasteiger partial charge on any atom is -0.340 e. The molecule has 0 bridgehead atoms. The molecule has 0 aromatic rings. The van der Waals surface area contributed by atoms with Gasteiger partial charge in [-0.3, -0.25) is 0 Å². The van der Waals surface area contributed by atoms with E-state index in [0.29, 0.717) is 0 Å². The molecule has 1 heteroatoms. The summed E-state index contributed by atoms with van der Waals surface area (Å²) < 4.78 is 0. The van der Waals surface area contributed by atoms with Crippen LogP contribution in [0.4, 0.5) is 0 Å². The predicted octanol–water partition coefficient (Wildman–Crippen LogP) is 2.17. The Morgan fingerprint density at radius 2 is 2.00 bits per heavy atom. The van der Waals surface area contributed by atoms with Crippen LogP contribution in [-0.4, -0.2) is 0 Å². The first-order valence-corrected chi connectivity index (χ1v) is 2.20. The molecule has 0 N–H and O–H groups in total. The van der Waals surface area contributed by atoms with E-state index in [0.717, 1.165) is 6.42 Å². The van der Waals surface area contributed by atoms with E-state index < -0.39 is 0 Å². The summed E-state index contributed by atoms with van der Waals surface area (Å²) in [5.74, 6) is 0. The molecule has 46 valence electrons. The second-order valence-corrected chi connectivity index (χ2v) is 1.57. The summed E-state index contributed by atoms with van der Waals surface area (Å²) in [7, 11) is 0. The van der Waals surface area contributed by atoms with Crippen molar-refractivity contribution in [3.63, 3.8) is 0 Å². The maximum atomic E-state index is 3.65. The molecule has 0 fully saturated rings. The molecule has 0 aromatic heterocycles. The van der Waals surface area contributed by atoms with E-state index in [-0.39, 0.29) is 17.1 Å². The molecule has 0 heterocycles. The third kappa shape index (κ3) is 10.7. The van der Waals surface area contributed by atoms with Crippen LogP contribution in [0, 0.1) is 6.92 Å². The summed E-state index contributed by atoms with van der Waals surface area (Å²) in [6.45, 7) is 7.80. The van der Waals surface area contributed by atoms with Gasteiger partial charge in [-0.25, -0.2) is 0 Å². The van der Waals surface area contributed by atoms with Crippen molar-refractivity contribution in [1.82, 2.24) is 0 Å². The predicted molar refractivity (Wildman–Crippen MR) is 29.4 cm³/mol. The molecule has 0 aliphatic rings. The van der Waals surface area contributed by atoms with Crippen molar-refractivity contribution in [3.05, 3.63) is 18.6 Å². The van der Waals surface area contributed by atoms with E-state index in [1.807, 2.05) is 0 Å². The van der Waals surface area contributed by atoms with Crippen molar-refractivity contribution < 1.29 is 17.1 Å². The minimum absolute atomic E-state index is 0. The van der Waals surface area contributed by atoms with Crippen LogP contribution in [0.15, 0.2) is 11.6 Å². The van der Waals surface area contributed by atoms with Crippen molar-refractivity contribution in [2.24, 2.45) is 0 Å². The van der Waals surface area contributed by atoms with Crippen molar-refractivity contribution in [1.29, 1.82) is 0 Å². The van der Waals surface area contributed by atoms with Gasteiger partial charge in [0.15, 0.2) is 0 Å². The Morgan fingerprint density at radius 1 is 1.57 bits per heavy atom. The van der Waals surface area contributed by atoms with Crippen LogP contribution in [0.5, 0.6) is 0 Å². The maximum absolute atomic E-state index is 3.65. The first-order chi connectivity index (χ1) is 2.77. The Morgan fingerprint density at radius 3 is 2.00 bits per heavy atom. The molecule has 0 spiro atoms. The Labute approximate surface area is 56.5 Å². The quantitative estimate of drug-likeness (QED) is 0.302. The average Bonchev–Trinajstić information content (AvgIpc) is 1.35. The van der Waals surface area contributed by atoms with Crippen LogP contribution in [-0.2, 0) is 17.1 Å². The molecule has 0 rings (SSSR count). The first-order valence-electron chi connectivity index (χ1n) is 2.20. The summed E-state index contributed by atoms with van der Waals surface area (Å²) in [4.78, 5) is 0. The number of rotatable bonds is 1. The topological polar surface area (TPSA) is 0 Å². The fourth-order valence-corrected chi connectivity index (χ4v) is 0.289. The SMILES string of the molecule is [CH2-]CC=C(C)C.[Cu+]. The molecular formula is C6H11Cu. The molecule has 0 aromatic carbocycles. The van der Waals surface area contributed by atoms with E-state index in [1.54, 1.807) is 0 Å². The zero-order valence-electron chi connectivity index (χ0n) is 4.79. The van der Waals surface area contributed by atoms with Crippen molar-refractivity contribution in [2.75, 3.05) is 0 Å². The second-order valence-electron chi connectivity index (χ2n) is 1.57. The van der Waals surface area contributed by atoms with Gasteiger partial charge in [-0.05, 0) is 13.8 Å². The molecule has 0 amide bonds. The fraction of sp³-hybridized carbons (Fsp3) is 0.500. The van der Waals surface area contributed by atoms with Gasteiger partial charge < -0.3 is 6.92 Å². The molecule has 0 saturated heterocycles. The first kappa shape index (κ1) is 10.3. The Hall–Kier alpha value is 0.259. The van der Waals surface area contributed by atoms with Gasteiger partial charge in [0.1, 0.15) is 0 Å². The Kier molecular flexibility index (Phi) is 9.19. The van der Waals surface area contributed by atoms with Crippen LogP contribution in [0.1, 0.15) is 20.3 Å². The summed E-state index contributed by atoms with van der Waals surface area (Å²) in [6.07, 6.45) is 3.02. The largest absolute Gasteiger partial charge is 1.00 e. The number of hydrogen-bond donors (Lipinski definition) is 0. The zero-order chi connectivity index (χ0) is 4.99. The molecule has 0 atom stereocenters. The van der Waals surface area contributed by atoms with Gasteiger partial charge in [-0.15, -0.1) is 6.08 Å². The number of hydrogen-bond acceptors (Lipinski definition) is 0. The van der Waals surface area contributed by atoms with Crippen LogP contribution < -0.4 is 0 Å². The van der Waals surface area contributed by atoms with E-state index in [2.05, 4.69) is 26.8 Å². The summed E-state index contributed by atoms with van der Waals surface area (Å²) in [5, 5.41) is 0. The summed E-state index contributed by atoms with van der Waals surface area (Å²) in [5.41, 5.74) is 1.35. The molecule has 0 radical (unpaired) electrons. The standard InChI is InChI=1S/C6H11.Cu/c1-4-5-6(2)3;/h5H,1,4H2,2-3H3;/q-1;+1. The van der Waals surface area contributed by atoms with Crippen LogP contribution in [0.2, 0.25) is 0 Å². The maximum Gasteiger partial charge on any atom is 1.00 e. The van der Waals surface area contributed by atoms with Crippen molar-refractivity contribution in [2.45, 2.75) is 20.3 Å². The van der Waals surface area contributed by atoms with Crippen LogP contribution >= 0.6 is 0 Å². The van der Waals surface area contributed by atoms with Gasteiger partial charge in [0.2, 0.25) is 0 Å². The molecule has 0 unspecified atom stereocenters. The molecular weight excluding hydrogens is 136 g/mol. The third-order valence-electron chi connectivity index (χ3n) is 0.553. The van der Waals surface area contributed by atoms with Crippen LogP contribution in [0.25, 0.3) is 0 Å². The van der Waals surface area contributed by atoms with E-state index >= 15 is 0 Å². The fourth-order valence-electron chi connectivity index (χ4n) is 0.289. The normalized spacial score (nSPS) is 6.71. The van der Waals surface area contributed by atoms with E-state index in [9.17, 15) is 0 Å². The Bertz CT molecular complexity index is 51.2. The van der Waals surface area contributed by atoms with Gasteiger partial charge in [0.25, 0.3) is 0 Å². The number of allylic oxidation sites excluding steroid dienone is 2. The zero-order valence-corrected chi connectivity index (χ0v) is 5.73. The molecule has 0 aliphatic carbocycles. The van der Waals surface area contributed by atoms with Crippen molar-refractivity contribution in [3.8, 4) is 0 Å². The third-order valence-corrected chi connectivity index (χ3v) is 0.553. The average molecular weight is 147 g/mol. The summed E-state index contributed by atoms with van der Waals surface area (Å²) >= 11 is 0. The van der Waals surface area contributed by atoms with Crippen LogP contribution in [0.3, 0.4) is 0 Å². The molecule has 0 aliphatic heterocycles. The Balaban J connectivity index is 0. The van der Waals surface area contributed by atoms with E-state index in [1.165, 1.54) is 5.57 Å². The van der Waals surface area contributed by atoms with Crippen molar-refractivity contribution >= 4 is 0 Å². The van der Waals surface area contributed by atoms with Gasteiger partial charge in [0.05, 0.1) is 0 Å². The molecule has 0 saturated carbocycles. The van der Waals surface area contributed by atoms with Gasteiger partial charge in [0, 0.05) is 0 Å². The monoisotopic (exact) mass is 146 g/mol. The van der Waals surface area contributed by atoms with Gasteiger partial charge >= 0.3 is 17.1 Å². The smallest absolute Gasteiger partial charge is 0.340 e. The second kappa shape index (κ2) is 6.26. The van der Waals surface area contributed by atoms with Gasteiger partial charge in [-0.2, -0.15) is 6.42 Å². The molecule has 7 heavy (non-hydrogen) atoms.